The van der Waals surface area contributed by atoms with Crippen LogP contribution in [0.2, 0.25) is 10.0 Å². The van der Waals surface area contributed by atoms with E-state index in [1.165, 1.54) is 0 Å². The van der Waals surface area contributed by atoms with Gasteiger partial charge in [-0.25, -0.2) is 9.97 Å². The molecule has 3 heterocycles. The summed E-state index contributed by atoms with van der Waals surface area (Å²) in [5, 5.41) is 3.50. The van der Waals surface area contributed by atoms with E-state index in [0.717, 1.165) is 45.4 Å². The molecule has 0 radical (unpaired) electrons. The van der Waals surface area contributed by atoms with E-state index in [9.17, 15) is 0 Å². The van der Waals surface area contributed by atoms with Crippen molar-refractivity contribution in [2.45, 2.75) is 52.7 Å². The highest BCUT2D eigenvalue weighted by Crippen LogP contribution is 2.38. The van der Waals surface area contributed by atoms with Gasteiger partial charge in [-0.05, 0) is 75.7 Å². The lowest BCUT2D eigenvalue weighted by atomic mass is 9.79. The monoisotopic (exact) mass is 570 g/mol. The fraction of sp³-hybridized carbons (Fsp3) is 0.364. The molecule has 0 atom stereocenters. The number of rotatable bonds is 1. The Morgan fingerprint density at radius 2 is 1.28 bits per heavy atom. The van der Waals surface area contributed by atoms with Crippen LogP contribution in [0.3, 0.4) is 0 Å². The van der Waals surface area contributed by atoms with Gasteiger partial charge in [0.25, 0.3) is 0 Å². The number of benzene rings is 2. The van der Waals surface area contributed by atoms with E-state index in [4.69, 9.17) is 32.5 Å². The Bertz CT molecular complexity index is 1310. The second-order valence-electron chi connectivity index (χ2n) is 8.58. The Morgan fingerprint density at radius 3 is 1.81 bits per heavy atom. The highest BCUT2D eigenvalue weighted by molar-refractivity contribution is 9.10. The number of halogens is 3. The van der Waals surface area contributed by atoms with Crippen LogP contribution in [0.1, 0.15) is 37.7 Å². The van der Waals surface area contributed by atoms with Crippen molar-refractivity contribution in [3.8, 4) is 0 Å². The Labute approximate surface area is 214 Å². The Hall–Kier alpha value is -0.735. The van der Waals surface area contributed by atoms with Gasteiger partial charge in [-0.1, -0.05) is 29.3 Å². The summed E-state index contributed by atoms with van der Waals surface area (Å²) in [7, 11) is -0.431. The molecule has 0 amide bonds. The Balaban J connectivity index is 0.000000174. The molecule has 1 aliphatic rings. The first kappa shape index (κ1) is 24.4. The maximum Gasteiger partial charge on any atom is 0.496 e. The van der Waals surface area contributed by atoms with Crippen LogP contribution in [0.4, 0.5) is 0 Å². The van der Waals surface area contributed by atoms with E-state index in [0.29, 0.717) is 5.02 Å². The molecule has 0 aliphatic carbocycles. The molecule has 1 aliphatic heterocycles. The minimum atomic E-state index is -0.431. The zero-order chi connectivity index (χ0) is 23.4. The van der Waals surface area contributed by atoms with Gasteiger partial charge in [0, 0.05) is 9.94 Å². The molecule has 0 saturated carbocycles. The molecule has 2 aromatic carbocycles. The highest BCUT2D eigenvalue weighted by Gasteiger charge is 2.52. The maximum absolute atomic E-state index is 6.53. The van der Waals surface area contributed by atoms with Crippen molar-refractivity contribution in [3.05, 3.63) is 48.8 Å². The largest absolute Gasteiger partial charge is 0.496 e. The smallest absolute Gasteiger partial charge is 0.399 e. The van der Waals surface area contributed by atoms with Crippen molar-refractivity contribution >= 4 is 94.8 Å². The van der Waals surface area contributed by atoms with Crippen molar-refractivity contribution in [1.29, 1.82) is 0 Å². The summed E-state index contributed by atoms with van der Waals surface area (Å²) in [5.41, 5.74) is 2.06. The lowest BCUT2D eigenvalue weighted by molar-refractivity contribution is 0.00578. The first-order valence-corrected chi connectivity index (χ1v) is 13.2. The van der Waals surface area contributed by atoms with Gasteiger partial charge in [0.1, 0.15) is 0 Å². The normalized spacial score (nSPS) is 17.1. The average Bonchev–Trinajstić information content (AvgIpc) is 3.32. The molecule has 0 bridgehead atoms. The third-order valence-electron chi connectivity index (χ3n) is 5.70. The molecule has 0 spiro atoms. The zero-order valence-electron chi connectivity index (χ0n) is 18.5. The van der Waals surface area contributed by atoms with Crippen molar-refractivity contribution in [2.24, 2.45) is 0 Å². The third-order valence-corrected chi connectivity index (χ3v) is 9.62. The van der Waals surface area contributed by atoms with E-state index < -0.39 is 7.12 Å². The molecular formula is C22H22BBrCl2N2O2S2. The molecule has 5 rings (SSSR count). The first-order valence-electron chi connectivity index (χ1n) is 10.0. The van der Waals surface area contributed by atoms with Crippen LogP contribution in [-0.4, -0.2) is 28.3 Å². The lowest BCUT2D eigenvalue weighted by Gasteiger charge is -2.32. The van der Waals surface area contributed by atoms with Crippen molar-refractivity contribution in [3.63, 3.8) is 0 Å². The third kappa shape index (κ3) is 4.48. The lowest BCUT2D eigenvalue weighted by Crippen LogP contribution is -2.41. The number of hydrogen-bond acceptors (Lipinski definition) is 6. The van der Waals surface area contributed by atoms with E-state index in [2.05, 4.69) is 25.9 Å². The average molecular weight is 572 g/mol. The van der Waals surface area contributed by atoms with E-state index in [-0.39, 0.29) is 11.2 Å². The van der Waals surface area contributed by atoms with Crippen LogP contribution in [0.25, 0.3) is 20.4 Å². The summed E-state index contributed by atoms with van der Waals surface area (Å²) >= 11 is 19.2. The van der Waals surface area contributed by atoms with Crippen LogP contribution >= 0.6 is 61.8 Å². The van der Waals surface area contributed by atoms with E-state index in [1.54, 1.807) is 22.7 Å². The molecule has 1 saturated heterocycles. The molecule has 0 unspecified atom stereocenters. The Kier molecular flexibility index (Phi) is 6.71. The number of hydrogen-bond donors (Lipinski definition) is 0. The molecule has 32 heavy (non-hydrogen) atoms. The fourth-order valence-electron chi connectivity index (χ4n) is 3.29. The zero-order valence-corrected chi connectivity index (χ0v) is 23.3. The van der Waals surface area contributed by atoms with Gasteiger partial charge in [0.15, 0.2) is 0 Å². The van der Waals surface area contributed by atoms with E-state index >= 15 is 0 Å². The van der Waals surface area contributed by atoms with Crippen LogP contribution in [-0.2, 0) is 9.31 Å². The van der Waals surface area contributed by atoms with Gasteiger partial charge in [0.2, 0.25) is 0 Å². The Morgan fingerprint density at radius 1 is 0.812 bits per heavy atom. The summed E-state index contributed by atoms with van der Waals surface area (Å²) < 4.78 is 15.1. The second-order valence-corrected chi connectivity index (χ2v) is 12.6. The van der Waals surface area contributed by atoms with Gasteiger partial charge in [-0.15, -0.1) is 22.7 Å². The summed E-state index contributed by atoms with van der Waals surface area (Å²) in [6.07, 6.45) is 0. The summed E-state index contributed by atoms with van der Waals surface area (Å²) in [5.74, 6) is 0. The fourth-order valence-corrected chi connectivity index (χ4v) is 6.11. The summed E-state index contributed by atoms with van der Waals surface area (Å²) in [6.45, 7) is 12.1. The summed E-state index contributed by atoms with van der Waals surface area (Å²) in [6, 6.07) is 7.82. The molecule has 1 fully saturated rings. The van der Waals surface area contributed by atoms with Crippen LogP contribution in [0, 0.1) is 13.8 Å². The minimum absolute atomic E-state index is 0.362. The van der Waals surface area contributed by atoms with Crippen LogP contribution in [0.15, 0.2) is 28.7 Å². The van der Waals surface area contributed by atoms with E-state index in [1.807, 2.05) is 65.8 Å². The highest BCUT2D eigenvalue weighted by atomic mass is 79.9. The molecular weight excluding hydrogens is 550 g/mol. The van der Waals surface area contributed by atoms with Crippen molar-refractivity contribution < 1.29 is 9.31 Å². The standard InChI is InChI=1S/C14H17BClNO2S.C8H5BrClNS/c1-8-17-10-7-6-9(11(16)12(10)20-8)15-18-13(2,3)14(4,5)19-15;1-4-11-6-3-2-5(9)7(10)8(6)12-4/h6-7H,1-5H3;2-3H,1H3. The van der Waals surface area contributed by atoms with Crippen LogP contribution < -0.4 is 5.46 Å². The molecule has 4 aromatic rings. The quantitative estimate of drug-likeness (QED) is 0.221. The predicted molar refractivity (Wildman–Crippen MR) is 142 cm³/mol. The number of fused-ring (bicyclic) bond motifs is 2. The van der Waals surface area contributed by atoms with Gasteiger partial charge in [0.05, 0.1) is 51.7 Å². The number of aromatic nitrogens is 2. The minimum Gasteiger partial charge on any atom is -0.399 e. The SMILES string of the molecule is Cc1nc2ccc(B3OC(C)(C)C(C)(C)O3)c(Cl)c2s1.Cc1nc2ccc(Br)c(Cl)c2s1. The van der Waals surface area contributed by atoms with Crippen LogP contribution in [0.5, 0.6) is 0 Å². The van der Waals surface area contributed by atoms with Crippen molar-refractivity contribution in [2.75, 3.05) is 0 Å². The first-order chi connectivity index (χ1) is 14.9. The summed E-state index contributed by atoms with van der Waals surface area (Å²) in [4.78, 5) is 8.78. The topological polar surface area (TPSA) is 44.2 Å². The second kappa shape index (κ2) is 8.80. The van der Waals surface area contributed by atoms with Gasteiger partial charge in [-0.2, -0.15) is 0 Å². The molecule has 10 heteroatoms. The molecule has 0 N–H and O–H groups in total. The number of nitrogens with zero attached hydrogens (tertiary/aromatic N) is 2. The predicted octanol–water partition coefficient (Wildman–Crippen LogP) is 7.58. The molecule has 2 aromatic heterocycles. The van der Waals surface area contributed by atoms with Gasteiger partial charge >= 0.3 is 7.12 Å². The van der Waals surface area contributed by atoms with Gasteiger partial charge < -0.3 is 9.31 Å². The molecule has 4 nitrogen and oxygen atoms in total. The molecule has 168 valence electrons. The maximum atomic E-state index is 6.53. The number of thiazole rings is 2. The van der Waals surface area contributed by atoms with Gasteiger partial charge in [-0.3, -0.25) is 0 Å². The van der Waals surface area contributed by atoms with Crippen molar-refractivity contribution in [1.82, 2.24) is 9.97 Å². The number of aryl methyl sites for hydroxylation is 2.